The maximum Gasteiger partial charge on any atom is 0.246 e. The van der Waals surface area contributed by atoms with Gasteiger partial charge in [-0.15, -0.1) is 0 Å². The van der Waals surface area contributed by atoms with Gasteiger partial charge in [0.15, 0.2) is 11.5 Å². The number of rotatable bonds is 4. The predicted octanol–water partition coefficient (Wildman–Crippen LogP) is 1.64. The molecule has 6 nitrogen and oxygen atoms in total. The summed E-state index contributed by atoms with van der Waals surface area (Å²) >= 11 is 0. The topological polar surface area (TPSA) is 51.2 Å². The van der Waals surface area contributed by atoms with Gasteiger partial charge in [-0.25, -0.2) is 0 Å². The van der Waals surface area contributed by atoms with E-state index in [1.54, 1.807) is 19.3 Å². The van der Waals surface area contributed by atoms with Crippen LogP contribution in [-0.2, 0) is 4.79 Å². The Hall–Kier alpha value is -2.21. The quantitative estimate of drug-likeness (QED) is 0.785. The Morgan fingerprint density at radius 3 is 2.67 bits per heavy atom. The molecule has 1 saturated heterocycles. The molecule has 0 saturated carbocycles. The standard InChI is InChI=1S/C18H24N2O4/c1-3-19-6-8-20(9-7-19)17(21)5-4-14-12-15(22-2)18-16(13-14)23-10-11-24-18/h4-5,12-13H,3,6-11H2,1-2H3/b5-4+. The highest BCUT2D eigenvalue weighted by Gasteiger charge is 2.19. The number of piperazine rings is 1. The Bertz CT molecular complexity index is 604. The van der Waals surface area contributed by atoms with Crippen LogP contribution in [-0.4, -0.2) is 68.8 Å². The SMILES string of the molecule is CCN1CCN(C(=O)/C=C/c2cc(OC)c3c(c2)OCCO3)CC1. The van der Waals surface area contributed by atoms with Gasteiger partial charge in [0.1, 0.15) is 13.2 Å². The number of benzene rings is 1. The molecular formula is C18H24N2O4. The van der Waals surface area contributed by atoms with Crippen LogP contribution in [0.3, 0.4) is 0 Å². The first-order valence-electron chi connectivity index (χ1n) is 8.38. The number of ether oxygens (including phenoxy) is 3. The lowest BCUT2D eigenvalue weighted by Crippen LogP contribution is -2.48. The van der Waals surface area contributed by atoms with Crippen molar-refractivity contribution < 1.29 is 19.0 Å². The minimum absolute atomic E-state index is 0.0413. The molecule has 0 aromatic heterocycles. The largest absolute Gasteiger partial charge is 0.493 e. The van der Waals surface area contributed by atoms with Crippen LogP contribution in [0, 0.1) is 0 Å². The van der Waals surface area contributed by atoms with E-state index < -0.39 is 0 Å². The lowest BCUT2D eigenvalue weighted by atomic mass is 10.1. The van der Waals surface area contributed by atoms with E-state index in [0.717, 1.165) is 38.3 Å². The Morgan fingerprint density at radius 2 is 1.96 bits per heavy atom. The molecule has 1 amide bonds. The Morgan fingerprint density at radius 1 is 1.21 bits per heavy atom. The van der Waals surface area contributed by atoms with E-state index in [9.17, 15) is 4.79 Å². The van der Waals surface area contributed by atoms with Gasteiger partial charge in [-0.1, -0.05) is 6.92 Å². The molecule has 2 aliphatic heterocycles. The molecule has 2 heterocycles. The fourth-order valence-electron chi connectivity index (χ4n) is 2.95. The van der Waals surface area contributed by atoms with Crippen molar-refractivity contribution in [2.75, 3.05) is 53.0 Å². The first-order valence-corrected chi connectivity index (χ1v) is 8.38. The zero-order chi connectivity index (χ0) is 16.9. The summed E-state index contributed by atoms with van der Waals surface area (Å²) in [6.45, 7) is 7.65. The molecule has 0 spiro atoms. The van der Waals surface area contributed by atoms with Gasteiger partial charge >= 0.3 is 0 Å². The van der Waals surface area contributed by atoms with E-state index in [4.69, 9.17) is 14.2 Å². The number of carbonyl (C=O) groups is 1. The highest BCUT2D eigenvalue weighted by molar-refractivity contribution is 5.92. The van der Waals surface area contributed by atoms with Crippen molar-refractivity contribution in [3.63, 3.8) is 0 Å². The average Bonchev–Trinajstić information content (AvgIpc) is 2.65. The van der Waals surface area contributed by atoms with Gasteiger partial charge < -0.3 is 24.0 Å². The summed E-state index contributed by atoms with van der Waals surface area (Å²) < 4.78 is 16.6. The molecule has 2 aliphatic rings. The van der Waals surface area contributed by atoms with Gasteiger partial charge in [0.2, 0.25) is 11.7 Å². The van der Waals surface area contributed by atoms with Crippen LogP contribution in [0.25, 0.3) is 6.08 Å². The highest BCUT2D eigenvalue weighted by Crippen LogP contribution is 2.40. The van der Waals surface area contributed by atoms with E-state index in [-0.39, 0.29) is 5.91 Å². The molecular weight excluding hydrogens is 308 g/mol. The lowest BCUT2D eigenvalue weighted by molar-refractivity contribution is -0.127. The smallest absolute Gasteiger partial charge is 0.246 e. The minimum atomic E-state index is 0.0413. The zero-order valence-electron chi connectivity index (χ0n) is 14.3. The van der Waals surface area contributed by atoms with Gasteiger partial charge in [-0.05, 0) is 30.3 Å². The Balaban J connectivity index is 1.69. The van der Waals surface area contributed by atoms with Crippen molar-refractivity contribution in [2.24, 2.45) is 0 Å². The van der Waals surface area contributed by atoms with Crippen molar-refractivity contribution in [1.82, 2.24) is 9.80 Å². The molecule has 0 radical (unpaired) electrons. The van der Waals surface area contributed by atoms with Crippen LogP contribution in [0.4, 0.5) is 0 Å². The van der Waals surface area contributed by atoms with Gasteiger partial charge in [-0.3, -0.25) is 4.79 Å². The fraction of sp³-hybridized carbons (Fsp3) is 0.500. The number of fused-ring (bicyclic) bond motifs is 1. The number of nitrogens with zero attached hydrogens (tertiary/aromatic N) is 2. The molecule has 0 N–H and O–H groups in total. The van der Waals surface area contributed by atoms with Gasteiger partial charge in [0, 0.05) is 32.3 Å². The van der Waals surface area contributed by atoms with Crippen molar-refractivity contribution in [3.8, 4) is 17.2 Å². The third-order valence-corrected chi connectivity index (χ3v) is 4.40. The minimum Gasteiger partial charge on any atom is -0.493 e. The predicted molar refractivity (Wildman–Crippen MR) is 91.7 cm³/mol. The second-order valence-electron chi connectivity index (χ2n) is 5.84. The molecule has 0 unspecified atom stereocenters. The Kier molecular flexibility index (Phi) is 5.25. The Labute approximate surface area is 142 Å². The van der Waals surface area contributed by atoms with E-state index >= 15 is 0 Å². The molecule has 1 fully saturated rings. The molecule has 0 atom stereocenters. The monoisotopic (exact) mass is 332 g/mol. The van der Waals surface area contributed by atoms with Gasteiger partial charge in [0.05, 0.1) is 7.11 Å². The summed E-state index contributed by atoms with van der Waals surface area (Å²) in [5, 5.41) is 0. The molecule has 1 aromatic carbocycles. The van der Waals surface area contributed by atoms with Crippen LogP contribution in [0.2, 0.25) is 0 Å². The van der Waals surface area contributed by atoms with Crippen LogP contribution in [0.5, 0.6) is 17.2 Å². The summed E-state index contributed by atoms with van der Waals surface area (Å²) in [5.74, 6) is 1.95. The molecule has 1 aromatic rings. The number of carbonyl (C=O) groups excluding carboxylic acids is 1. The third kappa shape index (κ3) is 3.64. The number of hydrogen-bond acceptors (Lipinski definition) is 5. The van der Waals surface area contributed by atoms with Crippen molar-refractivity contribution in [1.29, 1.82) is 0 Å². The molecule has 130 valence electrons. The second-order valence-corrected chi connectivity index (χ2v) is 5.84. The summed E-state index contributed by atoms with van der Waals surface area (Å²) in [5.41, 5.74) is 0.858. The zero-order valence-corrected chi connectivity index (χ0v) is 14.3. The van der Waals surface area contributed by atoms with Crippen molar-refractivity contribution in [2.45, 2.75) is 6.92 Å². The van der Waals surface area contributed by atoms with Crippen LogP contribution >= 0.6 is 0 Å². The molecule has 3 rings (SSSR count). The molecule has 0 bridgehead atoms. The van der Waals surface area contributed by atoms with E-state index in [2.05, 4.69) is 11.8 Å². The first-order chi connectivity index (χ1) is 11.7. The maximum atomic E-state index is 12.3. The number of likely N-dealkylation sites (N-methyl/N-ethyl adjacent to an activating group) is 1. The molecule has 0 aliphatic carbocycles. The summed E-state index contributed by atoms with van der Waals surface area (Å²) in [6.07, 6.45) is 3.42. The normalized spacial score (nSPS) is 18.0. The molecule has 6 heteroatoms. The van der Waals surface area contributed by atoms with E-state index in [1.807, 2.05) is 17.0 Å². The summed E-state index contributed by atoms with van der Waals surface area (Å²) in [6, 6.07) is 3.72. The lowest BCUT2D eigenvalue weighted by Gasteiger charge is -2.33. The first kappa shape index (κ1) is 16.6. The van der Waals surface area contributed by atoms with Crippen LogP contribution < -0.4 is 14.2 Å². The van der Waals surface area contributed by atoms with Crippen molar-refractivity contribution >= 4 is 12.0 Å². The second kappa shape index (κ2) is 7.57. The number of hydrogen-bond donors (Lipinski definition) is 0. The summed E-state index contributed by atoms with van der Waals surface area (Å²) in [4.78, 5) is 16.6. The van der Waals surface area contributed by atoms with E-state index in [1.165, 1.54) is 0 Å². The van der Waals surface area contributed by atoms with Gasteiger partial charge in [-0.2, -0.15) is 0 Å². The fourth-order valence-corrected chi connectivity index (χ4v) is 2.95. The number of methoxy groups -OCH3 is 1. The van der Waals surface area contributed by atoms with Crippen LogP contribution in [0.1, 0.15) is 12.5 Å². The average molecular weight is 332 g/mol. The van der Waals surface area contributed by atoms with Crippen molar-refractivity contribution in [3.05, 3.63) is 23.8 Å². The third-order valence-electron chi connectivity index (χ3n) is 4.40. The summed E-state index contributed by atoms with van der Waals surface area (Å²) in [7, 11) is 1.60. The van der Waals surface area contributed by atoms with Gasteiger partial charge in [0.25, 0.3) is 0 Å². The highest BCUT2D eigenvalue weighted by atomic mass is 16.6. The maximum absolute atomic E-state index is 12.3. The van der Waals surface area contributed by atoms with Crippen LogP contribution in [0.15, 0.2) is 18.2 Å². The van der Waals surface area contributed by atoms with E-state index in [0.29, 0.717) is 30.5 Å². The number of amides is 1. The molecule has 24 heavy (non-hydrogen) atoms.